The van der Waals surface area contributed by atoms with Crippen molar-refractivity contribution in [2.75, 3.05) is 19.6 Å². The molecule has 0 amide bonds. The average molecular weight is 299 g/mol. The molecule has 0 radical (unpaired) electrons. The first kappa shape index (κ1) is 16.3. The molecule has 0 unspecified atom stereocenters. The van der Waals surface area contributed by atoms with Crippen LogP contribution in [0.25, 0.3) is 0 Å². The lowest BCUT2D eigenvalue weighted by atomic mass is 10.2. The Hall–Kier alpha value is -0.790. The fraction of sp³-hybridized carbons (Fsp3) is 0.727. The van der Waals surface area contributed by atoms with Crippen LogP contribution in [0.15, 0.2) is 12.4 Å². The van der Waals surface area contributed by atoms with Gasteiger partial charge in [-0.05, 0) is 6.92 Å². The van der Waals surface area contributed by atoms with E-state index < -0.39 is 12.7 Å². The predicted octanol–water partition coefficient (Wildman–Crippen LogP) is 1.66. The van der Waals surface area contributed by atoms with Gasteiger partial charge in [0.1, 0.15) is 12.4 Å². The zero-order chi connectivity index (χ0) is 13.2. The van der Waals surface area contributed by atoms with Gasteiger partial charge in [0.25, 0.3) is 0 Å². The highest BCUT2D eigenvalue weighted by atomic mass is 35.5. The van der Waals surface area contributed by atoms with Crippen LogP contribution in [0.4, 0.5) is 13.2 Å². The van der Waals surface area contributed by atoms with E-state index in [-0.39, 0.29) is 12.4 Å². The summed E-state index contributed by atoms with van der Waals surface area (Å²) in [5.41, 5.74) is 0. The van der Waals surface area contributed by atoms with Crippen molar-refractivity contribution in [2.24, 2.45) is 0 Å². The smallest absolute Gasteiger partial charge is 0.325 e. The van der Waals surface area contributed by atoms with Crippen LogP contribution in [0, 0.1) is 0 Å². The second-order valence-corrected chi connectivity index (χ2v) is 4.61. The predicted molar refractivity (Wildman–Crippen MR) is 68.3 cm³/mol. The number of hydrogen-bond acceptors (Lipinski definition) is 3. The zero-order valence-electron chi connectivity index (χ0n) is 10.7. The Bertz CT molecular complexity index is 394. The van der Waals surface area contributed by atoms with Crippen molar-refractivity contribution in [3.63, 3.8) is 0 Å². The first-order chi connectivity index (χ1) is 8.46. The first-order valence-electron chi connectivity index (χ1n) is 5.97. The van der Waals surface area contributed by atoms with Crippen molar-refractivity contribution in [3.05, 3.63) is 18.2 Å². The largest absolute Gasteiger partial charge is 0.406 e. The maximum atomic E-state index is 12.4. The van der Waals surface area contributed by atoms with Gasteiger partial charge in [-0.25, -0.2) is 4.98 Å². The molecule has 8 heteroatoms. The Balaban J connectivity index is 0.00000180. The maximum absolute atomic E-state index is 12.4. The monoisotopic (exact) mass is 298 g/mol. The Morgan fingerprint density at radius 1 is 1.47 bits per heavy atom. The van der Waals surface area contributed by atoms with Crippen LogP contribution in [-0.2, 0) is 13.1 Å². The summed E-state index contributed by atoms with van der Waals surface area (Å²) < 4.78 is 38.3. The summed E-state index contributed by atoms with van der Waals surface area (Å²) in [6, 6.07) is 0.315. The molecule has 0 aromatic carbocycles. The fourth-order valence-corrected chi connectivity index (χ4v) is 2.13. The molecule has 1 aromatic rings. The van der Waals surface area contributed by atoms with Gasteiger partial charge < -0.3 is 9.88 Å². The number of aromatic nitrogens is 2. The molecule has 0 saturated carbocycles. The molecule has 1 atom stereocenters. The van der Waals surface area contributed by atoms with Crippen LogP contribution in [0.5, 0.6) is 0 Å². The minimum atomic E-state index is -4.20. The number of nitrogens with one attached hydrogen (secondary N) is 1. The number of halogens is 4. The normalized spacial score (nSPS) is 21.2. The Morgan fingerprint density at radius 3 is 2.84 bits per heavy atom. The quantitative estimate of drug-likeness (QED) is 0.921. The third kappa shape index (κ3) is 4.67. The zero-order valence-corrected chi connectivity index (χ0v) is 11.5. The Morgan fingerprint density at radius 2 is 2.21 bits per heavy atom. The van der Waals surface area contributed by atoms with Gasteiger partial charge >= 0.3 is 6.18 Å². The molecule has 1 aliphatic heterocycles. The lowest BCUT2D eigenvalue weighted by Gasteiger charge is -2.33. The Labute approximate surface area is 116 Å². The highest BCUT2D eigenvalue weighted by Gasteiger charge is 2.29. The van der Waals surface area contributed by atoms with Gasteiger partial charge in [-0.2, -0.15) is 13.2 Å². The minimum absolute atomic E-state index is 0. The van der Waals surface area contributed by atoms with E-state index in [1.165, 1.54) is 17.0 Å². The van der Waals surface area contributed by atoms with E-state index in [4.69, 9.17) is 0 Å². The summed E-state index contributed by atoms with van der Waals surface area (Å²) in [7, 11) is 0. The van der Waals surface area contributed by atoms with Crippen LogP contribution >= 0.6 is 12.4 Å². The third-order valence-corrected chi connectivity index (χ3v) is 3.13. The number of nitrogens with zero attached hydrogens (tertiary/aromatic N) is 3. The SMILES string of the molecule is C[C@@H]1CNCCN1Cc1nccn1CC(F)(F)F.Cl. The van der Waals surface area contributed by atoms with Crippen LogP contribution in [0.2, 0.25) is 0 Å². The van der Waals surface area contributed by atoms with E-state index in [9.17, 15) is 13.2 Å². The van der Waals surface area contributed by atoms with Crippen molar-refractivity contribution in [1.82, 2.24) is 19.8 Å². The molecule has 0 bridgehead atoms. The van der Waals surface area contributed by atoms with E-state index in [0.717, 1.165) is 19.6 Å². The summed E-state index contributed by atoms with van der Waals surface area (Å²) in [6.45, 7) is 4.11. The van der Waals surface area contributed by atoms with Gasteiger partial charge in [-0.1, -0.05) is 0 Å². The summed E-state index contributed by atoms with van der Waals surface area (Å²) in [6.07, 6.45) is -1.39. The molecule has 1 N–H and O–H groups in total. The van der Waals surface area contributed by atoms with E-state index in [1.807, 2.05) is 0 Å². The molecule has 0 aliphatic carbocycles. The summed E-state index contributed by atoms with van der Waals surface area (Å²) >= 11 is 0. The van der Waals surface area contributed by atoms with E-state index in [0.29, 0.717) is 18.4 Å². The molecule has 1 aliphatic rings. The molecule has 2 rings (SSSR count). The molecular weight excluding hydrogens is 281 g/mol. The lowest BCUT2D eigenvalue weighted by molar-refractivity contribution is -0.141. The van der Waals surface area contributed by atoms with E-state index in [1.54, 1.807) is 0 Å². The highest BCUT2D eigenvalue weighted by molar-refractivity contribution is 5.85. The topological polar surface area (TPSA) is 33.1 Å². The first-order valence-corrected chi connectivity index (χ1v) is 5.97. The second-order valence-electron chi connectivity index (χ2n) is 4.61. The van der Waals surface area contributed by atoms with Gasteiger partial charge in [0.2, 0.25) is 0 Å². The average Bonchev–Trinajstić information content (AvgIpc) is 2.67. The van der Waals surface area contributed by atoms with Crippen molar-refractivity contribution >= 4 is 12.4 Å². The van der Waals surface area contributed by atoms with Crippen molar-refractivity contribution in [3.8, 4) is 0 Å². The van der Waals surface area contributed by atoms with Gasteiger partial charge in [0.05, 0.1) is 6.54 Å². The number of alkyl halides is 3. The summed E-state index contributed by atoms with van der Waals surface area (Å²) in [5, 5.41) is 3.25. The highest BCUT2D eigenvalue weighted by Crippen LogP contribution is 2.19. The van der Waals surface area contributed by atoms with Crippen molar-refractivity contribution < 1.29 is 13.2 Å². The molecule has 1 saturated heterocycles. The van der Waals surface area contributed by atoms with Gasteiger partial charge in [-0.3, -0.25) is 4.90 Å². The van der Waals surface area contributed by atoms with Crippen LogP contribution < -0.4 is 5.32 Å². The number of imidazole rings is 1. The van der Waals surface area contributed by atoms with Gasteiger partial charge in [-0.15, -0.1) is 12.4 Å². The molecular formula is C11H18ClF3N4. The van der Waals surface area contributed by atoms with Crippen LogP contribution in [0.1, 0.15) is 12.7 Å². The van der Waals surface area contributed by atoms with Crippen molar-refractivity contribution in [1.29, 1.82) is 0 Å². The molecule has 110 valence electrons. The molecule has 0 spiro atoms. The van der Waals surface area contributed by atoms with Gasteiger partial charge in [0, 0.05) is 38.1 Å². The second kappa shape index (κ2) is 6.58. The standard InChI is InChI=1S/C11H17F3N4.ClH/c1-9-6-15-2-4-17(9)7-10-16-3-5-18(10)8-11(12,13)14;/h3,5,9,15H,2,4,6-8H2,1H3;1H/t9-;/m1./s1. The third-order valence-electron chi connectivity index (χ3n) is 3.13. The van der Waals surface area contributed by atoms with E-state index >= 15 is 0 Å². The Kier molecular flexibility index (Phi) is 5.64. The van der Waals surface area contributed by atoms with E-state index in [2.05, 4.69) is 22.1 Å². The minimum Gasteiger partial charge on any atom is -0.325 e. The number of piperazine rings is 1. The molecule has 1 fully saturated rings. The number of hydrogen-bond donors (Lipinski definition) is 1. The molecule has 4 nitrogen and oxygen atoms in total. The summed E-state index contributed by atoms with van der Waals surface area (Å²) in [5.74, 6) is 0.473. The van der Waals surface area contributed by atoms with Crippen LogP contribution in [0.3, 0.4) is 0 Å². The molecule has 2 heterocycles. The lowest BCUT2D eigenvalue weighted by Crippen LogP contribution is -2.49. The summed E-state index contributed by atoms with van der Waals surface area (Å²) in [4.78, 5) is 6.17. The van der Waals surface area contributed by atoms with Crippen LogP contribution in [-0.4, -0.2) is 46.3 Å². The fourth-order valence-electron chi connectivity index (χ4n) is 2.13. The van der Waals surface area contributed by atoms with Crippen molar-refractivity contribution in [2.45, 2.75) is 32.2 Å². The molecule has 19 heavy (non-hydrogen) atoms. The van der Waals surface area contributed by atoms with Gasteiger partial charge in [0.15, 0.2) is 0 Å². The molecule has 1 aromatic heterocycles. The number of rotatable bonds is 3. The maximum Gasteiger partial charge on any atom is 0.406 e.